The second kappa shape index (κ2) is 10.9. The van der Waals surface area contributed by atoms with Gasteiger partial charge in [0.15, 0.2) is 0 Å². The minimum absolute atomic E-state index is 0.0367. The van der Waals surface area contributed by atoms with Crippen LogP contribution in [0.2, 0.25) is 0 Å². The van der Waals surface area contributed by atoms with Crippen LogP contribution < -0.4 is 10.5 Å². The molecule has 3 aliphatic rings. The highest BCUT2D eigenvalue weighted by Gasteiger charge is 2.26. The van der Waals surface area contributed by atoms with Crippen molar-refractivity contribution >= 4 is 33.5 Å². The van der Waals surface area contributed by atoms with Crippen LogP contribution in [0.25, 0.3) is 21.8 Å². The molecule has 10 nitrogen and oxygen atoms in total. The summed E-state index contributed by atoms with van der Waals surface area (Å²) in [5.74, 6) is 1.11. The van der Waals surface area contributed by atoms with Gasteiger partial charge in [-0.05, 0) is 62.4 Å². The summed E-state index contributed by atoms with van der Waals surface area (Å²) in [6, 6.07) is 10.4. The number of ether oxygens (including phenoxy) is 1. The fourth-order valence-corrected chi connectivity index (χ4v) is 6.62. The fraction of sp³-hybridized carbons (Fsp3) is 0.484. The van der Waals surface area contributed by atoms with Crippen LogP contribution in [-0.2, 0) is 11.3 Å². The minimum Gasteiger partial charge on any atom is -0.381 e. The van der Waals surface area contributed by atoms with E-state index in [1.165, 1.54) is 12.8 Å². The number of nitrogens with zero attached hydrogens (tertiary/aromatic N) is 6. The molecule has 41 heavy (non-hydrogen) atoms. The predicted molar refractivity (Wildman–Crippen MR) is 159 cm³/mol. The van der Waals surface area contributed by atoms with Crippen molar-refractivity contribution in [3.05, 3.63) is 63.7 Å². The molecule has 4 aromatic rings. The molecule has 3 fully saturated rings. The third kappa shape index (κ3) is 4.99. The van der Waals surface area contributed by atoms with E-state index in [4.69, 9.17) is 9.72 Å². The Morgan fingerprint density at radius 2 is 1.80 bits per heavy atom. The maximum absolute atomic E-state index is 13.8. The zero-order chi connectivity index (χ0) is 27.9. The molecule has 1 aromatic carbocycles. The molecule has 0 saturated carbocycles. The Labute approximate surface area is 238 Å². The van der Waals surface area contributed by atoms with Gasteiger partial charge in [-0.15, -0.1) is 0 Å². The van der Waals surface area contributed by atoms with Crippen molar-refractivity contribution in [2.45, 2.75) is 45.2 Å². The number of nitrogens with one attached hydrogen (secondary N) is 1. The number of benzene rings is 1. The number of aromatic amines is 1. The molecule has 0 aliphatic carbocycles. The lowest BCUT2D eigenvalue weighted by Crippen LogP contribution is -2.48. The van der Waals surface area contributed by atoms with Gasteiger partial charge in [0.2, 0.25) is 0 Å². The standard InChI is InChI=1S/C31H37N7O3/c1-21-17-27-25(29-26(30(39)34-27)19-32-38(29)23-7-15-41-16-8-23)18-24(21)31(40)37-13-11-35(12-14-37)20-22-5-4-6-28(33-22)36-9-2-3-10-36/h4-6,17-19,23H,2-3,7-16,20H2,1H3,(H,34,39). The number of carbonyl (C=O) groups excluding carboxylic acids is 1. The topological polar surface area (TPSA) is 99.6 Å². The molecule has 3 aromatic heterocycles. The molecular formula is C31H37N7O3. The summed E-state index contributed by atoms with van der Waals surface area (Å²) in [6.07, 6.45) is 5.83. The average molecular weight is 556 g/mol. The number of rotatable bonds is 5. The number of fused-ring (bicyclic) bond motifs is 3. The van der Waals surface area contributed by atoms with Gasteiger partial charge in [-0.3, -0.25) is 19.2 Å². The van der Waals surface area contributed by atoms with Gasteiger partial charge in [0, 0.05) is 70.0 Å². The van der Waals surface area contributed by atoms with E-state index in [2.05, 4.69) is 38.1 Å². The van der Waals surface area contributed by atoms with Crippen molar-refractivity contribution in [3.8, 4) is 0 Å². The van der Waals surface area contributed by atoms with E-state index >= 15 is 0 Å². The number of hydrogen-bond donors (Lipinski definition) is 1. The number of carbonyl (C=O) groups is 1. The Bertz CT molecular complexity index is 1640. The number of aryl methyl sites for hydroxylation is 1. The van der Waals surface area contributed by atoms with E-state index in [1.807, 2.05) is 28.6 Å². The summed E-state index contributed by atoms with van der Waals surface area (Å²) in [5.41, 5.74) is 4.01. The number of amides is 1. The van der Waals surface area contributed by atoms with Crippen molar-refractivity contribution in [3.63, 3.8) is 0 Å². The molecule has 0 spiro atoms. The largest absolute Gasteiger partial charge is 0.381 e. The van der Waals surface area contributed by atoms with Crippen LogP contribution in [0.1, 0.15) is 53.3 Å². The van der Waals surface area contributed by atoms with Crippen LogP contribution in [0, 0.1) is 6.92 Å². The molecule has 3 saturated heterocycles. The number of hydrogen-bond acceptors (Lipinski definition) is 7. The van der Waals surface area contributed by atoms with Gasteiger partial charge in [0.1, 0.15) is 5.82 Å². The highest BCUT2D eigenvalue weighted by molar-refractivity contribution is 6.07. The van der Waals surface area contributed by atoms with Crippen molar-refractivity contribution in [1.29, 1.82) is 0 Å². The molecule has 0 radical (unpaired) electrons. The summed E-state index contributed by atoms with van der Waals surface area (Å²) in [4.78, 5) is 41.4. The molecular weight excluding hydrogens is 518 g/mol. The summed E-state index contributed by atoms with van der Waals surface area (Å²) in [7, 11) is 0. The number of aromatic nitrogens is 4. The smallest absolute Gasteiger partial charge is 0.259 e. The third-order valence-corrected chi connectivity index (χ3v) is 8.94. The second-order valence-electron chi connectivity index (χ2n) is 11.6. The molecule has 1 amide bonds. The van der Waals surface area contributed by atoms with E-state index in [1.54, 1.807) is 6.20 Å². The van der Waals surface area contributed by atoms with Gasteiger partial charge in [0.05, 0.1) is 34.4 Å². The summed E-state index contributed by atoms with van der Waals surface area (Å²) < 4.78 is 7.53. The molecule has 7 rings (SSSR count). The SMILES string of the molecule is Cc1cc2[nH]c(=O)c3cnn(C4CCOCC4)c3c2cc1C(=O)N1CCN(Cc2cccc(N3CCCC3)n2)CC1. The lowest BCUT2D eigenvalue weighted by atomic mass is 10.0. The second-order valence-corrected chi connectivity index (χ2v) is 11.6. The average Bonchev–Trinajstić information content (AvgIpc) is 3.69. The molecule has 0 unspecified atom stereocenters. The van der Waals surface area contributed by atoms with E-state index < -0.39 is 0 Å². The molecule has 3 aliphatic heterocycles. The summed E-state index contributed by atoms with van der Waals surface area (Å²) in [6.45, 7) is 9.23. The summed E-state index contributed by atoms with van der Waals surface area (Å²) in [5, 5.41) is 6.04. The van der Waals surface area contributed by atoms with Crippen molar-refractivity contribution in [2.75, 3.05) is 57.4 Å². The van der Waals surface area contributed by atoms with E-state index in [0.29, 0.717) is 37.3 Å². The molecule has 0 bridgehead atoms. The van der Waals surface area contributed by atoms with Crippen LogP contribution >= 0.6 is 0 Å². The first-order chi connectivity index (χ1) is 20.0. The van der Waals surface area contributed by atoms with Gasteiger partial charge in [-0.2, -0.15) is 5.10 Å². The van der Waals surface area contributed by atoms with E-state index in [-0.39, 0.29) is 17.5 Å². The fourth-order valence-electron chi connectivity index (χ4n) is 6.62. The van der Waals surface area contributed by atoms with Gasteiger partial charge < -0.3 is 19.5 Å². The number of anilines is 1. The first kappa shape index (κ1) is 26.2. The van der Waals surface area contributed by atoms with Gasteiger partial charge in [-0.1, -0.05) is 6.07 Å². The quantitative estimate of drug-likeness (QED) is 0.403. The van der Waals surface area contributed by atoms with Gasteiger partial charge >= 0.3 is 0 Å². The monoisotopic (exact) mass is 555 g/mol. The highest BCUT2D eigenvalue weighted by Crippen LogP contribution is 2.30. The number of H-pyrrole nitrogens is 1. The highest BCUT2D eigenvalue weighted by atomic mass is 16.5. The van der Waals surface area contributed by atoms with Crippen LogP contribution in [0.5, 0.6) is 0 Å². The Morgan fingerprint density at radius 1 is 1.02 bits per heavy atom. The zero-order valence-electron chi connectivity index (χ0n) is 23.6. The van der Waals surface area contributed by atoms with Gasteiger partial charge in [0.25, 0.3) is 11.5 Å². The van der Waals surface area contributed by atoms with Crippen molar-refractivity contribution < 1.29 is 9.53 Å². The van der Waals surface area contributed by atoms with E-state index in [9.17, 15) is 9.59 Å². The molecule has 0 atom stereocenters. The predicted octanol–water partition coefficient (Wildman–Crippen LogP) is 3.49. The lowest BCUT2D eigenvalue weighted by molar-refractivity contribution is 0.0626. The molecule has 1 N–H and O–H groups in total. The van der Waals surface area contributed by atoms with E-state index in [0.717, 1.165) is 79.1 Å². The first-order valence-electron chi connectivity index (χ1n) is 14.9. The Hall–Kier alpha value is -3.76. The van der Waals surface area contributed by atoms with Crippen molar-refractivity contribution in [2.24, 2.45) is 0 Å². The normalized spacial score (nSPS) is 19.0. The molecule has 6 heterocycles. The Morgan fingerprint density at radius 3 is 2.59 bits per heavy atom. The molecule has 214 valence electrons. The maximum atomic E-state index is 13.8. The zero-order valence-corrected chi connectivity index (χ0v) is 23.6. The molecule has 10 heteroatoms. The third-order valence-electron chi connectivity index (χ3n) is 8.94. The van der Waals surface area contributed by atoms with Crippen molar-refractivity contribution in [1.82, 2.24) is 29.5 Å². The summed E-state index contributed by atoms with van der Waals surface area (Å²) >= 11 is 0. The van der Waals surface area contributed by atoms with Crippen LogP contribution in [0.4, 0.5) is 5.82 Å². The first-order valence-corrected chi connectivity index (χ1v) is 14.9. The Balaban J connectivity index is 1.10. The van der Waals surface area contributed by atoms with Gasteiger partial charge in [-0.25, -0.2) is 4.98 Å². The maximum Gasteiger partial charge on any atom is 0.259 e. The number of piperazine rings is 1. The Kier molecular flexibility index (Phi) is 6.96. The van der Waals surface area contributed by atoms with Crippen LogP contribution in [-0.4, -0.2) is 87.9 Å². The van der Waals surface area contributed by atoms with Crippen LogP contribution in [0.15, 0.2) is 41.3 Å². The lowest BCUT2D eigenvalue weighted by Gasteiger charge is -2.35. The van der Waals surface area contributed by atoms with Crippen LogP contribution in [0.3, 0.4) is 0 Å². The minimum atomic E-state index is -0.152. The number of pyridine rings is 2.